The molecule has 4 heteroatoms. The minimum Gasteiger partial charge on any atom is -0.247 e. The second kappa shape index (κ2) is 9.76. The van der Waals surface area contributed by atoms with Crippen molar-refractivity contribution in [2.75, 3.05) is 0 Å². The van der Waals surface area contributed by atoms with Crippen molar-refractivity contribution in [2.24, 2.45) is 0 Å². The maximum Gasteiger partial charge on any atom is 0.160 e. The Morgan fingerprint density at radius 3 is 1.90 bits per heavy atom. The zero-order valence-corrected chi connectivity index (χ0v) is 23.3. The number of hydrogen-bond acceptors (Lipinski definition) is 3. The van der Waals surface area contributed by atoms with Crippen LogP contribution in [-0.2, 0) is 5.41 Å². The summed E-state index contributed by atoms with van der Waals surface area (Å²) in [6, 6.07) is 49.9. The fourth-order valence-corrected chi connectivity index (χ4v) is 6.72. The molecule has 1 atom stereocenters. The summed E-state index contributed by atoms with van der Waals surface area (Å²) in [5, 5.41) is 0.736. The molecule has 3 nitrogen and oxygen atoms in total. The first kappa shape index (κ1) is 24.7. The first-order chi connectivity index (χ1) is 20.7. The summed E-state index contributed by atoms with van der Waals surface area (Å²) in [6.45, 7) is 0. The zero-order valence-electron chi connectivity index (χ0n) is 22.6. The number of benzene rings is 5. The quantitative estimate of drug-likeness (QED) is 0.216. The van der Waals surface area contributed by atoms with Gasteiger partial charge in [-0.15, -0.1) is 0 Å². The largest absolute Gasteiger partial charge is 0.247 e. The second-order valence-electron chi connectivity index (χ2n) is 10.5. The molecule has 8 rings (SSSR count). The van der Waals surface area contributed by atoms with Gasteiger partial charge in [0.25, 0.3) is 0 Å². The second-order valence-corrected chi connectivity index (χ2v) is 10.9. The van der Waals surface area contributed by atoms with Crippen LogP contribution in [0.4, 0.5) is 0 Å². The van der Waals surface area contributed by atoms with E-state index in [0.717, 1.165) is 66.4 Å². The van der Waals surface area contributed by atoms with Crippen molar-refractivity contribution < 1.29 is 0 Å². The van der Waals surface area contributed by atoms with Gasteiger partial charge >= 0.3 is 0 Å². The maximum atomic E-state index is 6.94. The van der Waals surface area contributed by atoms with Gasteiger partial charge in [0.15, 0.2) is 5.82 Å². The topological polar surface area (TPSA) is 38.7 Å². The lowest BCUT2D eigenvalue weighted by atomic mass is 9.70. The van der Waals surface area contributed by atoms with Gasteiger partial charge < -0.3 is 0 Å². The van der Waals surface area contributed by atoms with Crippen LogP contribution in [0.1, 0.15) is 22.4 Å². The van der Waals surface area contributed by atoms with Crippen LogP contribution in [0.25, 0.3) is 44.8 Å². The molecule has 1 aliphatic carbocycles. The Bertz CT molecular complexity index is 2090. The third-order valence-electron chi connectivity index (χ3n) is 8.23. The first-order valence-electron chi connectivity index (χ1n) is 14.0. The highest BCUT2D eigenvalue weighted by Crippen LogP contribution is 2.57. The zero-order chi connectivity index (χ0) is 28.1. The van der Waals surface area contributed by atoms with Crippen LogP contribution in [0.5, 0.6) is 0 Å². The predicted octanol–water partition coefficient (Wildman–Crippen LogP) is 9.38. The molecule has 5 aromatic carbocycles. The lowest BCUT2D eigenvalue weighted by Crippen LogP contribution is -2.29. The van der Waals surface area contributed by atoms with E-state index in [1.807, 2.05) is 60.7 Å². The number of fused-ring (bicyclic) bond motifs is 4. The Morgan fingerprint density at radius 2 is 1.14 bits per heavy atom. The highest BCUT2D eigenvalue weighted by atomic mass is 35.5. The molecule has 0 aliphatic heterocycles. The van der Waals surface area contributed by atoms with Gasteiger partial charge in [0.05, 0.1) is 16.6 Å². The molecule has 0 bridgehead atoms. The van der Waals surface area contributed by atoms with Gasteiger partial charge in [0.1, 0.15) is 11.2 Å². The SMILES string of the molecule is Clc1cccc2c1-c1ccccc1C2(c1ccccc1)c1ccc2nc(-c3ccccc3)nc(-c3ccccc3)c2n1. The maximum absolute atomic E-state index is 6.94. The van der Waals surface area contributed by atoms with Gasteiger partial charge in [-0.1, -0.05) is 139 Å². The van der Waals surface area contributed by atoms with E-state index in [0.29, 0.717) is 5.82 Å². The van der Waals surface area contributed by atoms with Crippen molar-refractivity contribution in [1.29, 1.82) is 0 Å². The van der Waals surface area contributed by atoms with Crippen LogP contribution in [-0.4, -0.2) is 15.0 Å². The standard InChI is InChI=1S/C38H24ClN3/c39-31-22-12-21-30-34(31)28-19-10-11-20-29(28)38(30,27-17-8-3-9-18-27)33-24-23-32-36(41-33)35(25-13-4-1-5-14-25)42-37(40-32)26-15-6-2-7-16-26/h1-24H. The molecule has 0 N–H and O–H groups in total. The molecule has 2 aromatic heterocycles. The van der Waals surface area contributed by atoms with E-state index in [-0.39, 0.29) is 0 Å². The number of pyridine rings is 1. The van der Waals surface area contributed by atoms with Crippen molar-refractivity contribution in [2.45, 2.75) is 5.41 Å². The lowest BCUT2D eigenvalue weighted by molar-refractivity contribution is 0.739. The average molecular weight is 558 g/mol. The molecular formula is C38H24ClN3. The smallest absolute Gasteiger partial charge is 0.160 e. The van der Waals surface area contributed by atoms with E-state index in [2.05, 4.69) is 84.9 Å². The van der Waals surface area contributed by atoms with Crippen molar-refractivity contribution in [3.05, 3.63) is 173 Å². The fourth-order valence-electron chi connectivity index (χ4n) is 6.44. The van der Waals surface area contributed by atoms with E-state index in [4.69, 9.17) is 26.6 Å². The minimum atomic E-state index is -0.668. The van der Waals surface area contributed by atoms with Crippen LogP contribution in [0.3, 0.4) is 0 Å². The molecule has 0 spiro atoms. The van der Waals surface area contributed by atoms with Crippen molar-refractivity contribution >= 4 is 22.6 Å². The normalized spacial score (nSPS) is 15.4. The highest BCUT2D eigenvalue weighted by Gasteiger charge is 2.48. The predicted molar refractivity (Wildman–Crippen MR) is 171 cm³/mol. The summed E-state index contributed by atoms with van der Waals surface area (Å²) in [4.78, 5) is 15.6. The summed E-state index contributed by atoms with van der Waals surface area (Å²) >= 11 is 6.94. The lowest BCUT2D eigenvalue weighted by Gasteiger charge is -2.33. The average Bonchev–Trinajstić information content (AvgIpc) is 3.37. The van der Waals surface area contributed by atoms with Crippen LogP contribution < -0.4 is 0 Å². The van der Waals surface area contributed by atoms with Crippen molar-refractivity contribution in [3.63, 3.8) is 0 Å². The number of rotatable bonds is 4. The number of hydrogen-bond donors (Lipinski definition) is 0. The molecule has 0 amide bonds. The Kier molecular flexibility index (Phi) is 5.73. The monoisotopic (exact) mass is 557 g/mol. The van der Waals surface area contributed by atoms with Crippen molar-refractivity contribution in [3.8, 4) is 33.8 Å². The molecule has 1 unspecified atom stereocenters. The van der Waals surface area contributed by atoms with Gasteiger partial charge in [-0.3, -0.25) is 0 Å². The van der Waals surface area contributed by atoms with Gasteiger partial charge in [0.2, 0.25) is 0 Å². The van der Waals surface area contributed by atoms with Gasteiger partial charge in [-0.2, -0.15) is 0 Å². The molecular weight excluding hydrogens is 534 g/mol. The minimum absolute atomic E-state index is 0.668. The third kappa shape index (κ3) is 3.64. The fraction of sp³-hybridized carbons (Fsp3) is 0.0263. The molecule has 0 radical (unpaired) electrons. The summed E-state index contributed by atoms with van der Waals surface area (Å²) in [7, 11) is 0. The summed E-state index contributed by atoms with van der Waals surface area (Å²) in [6.07, 6.45) is 0. The van der Waals surface area contributed by atoms with Gasteiger partial charge in [-0.25, -0.2) is 15.0 Å². The van der Waals surface area contributed by atoms with Crippen LogP contribution in [0.2, 0.25) is 5.02 Å². The molecule has 1 aliphatic rings. The van der Waals surface area contributed by atoms with E-state index in [1.165, 1.54) is 0 Å². The van der Waals surface area contributed by atoms with Crippen LogP contribution in [0.15, 0.2) is 146 Å². The number of nitrogens with zero attached hydrogens (tertiary/aromatic N) is 3. The molecule has 2 heterocycles. The Labute approximate surface area is 249 Å². The van der Waals surface area contributed by atoms with Gasteiger partial charge in [-0.05, 0) is 40.5 Å². The summed E-state index contributed by atoms with van der Waals surface area (Å²) < 4.78 is 0. The molecule has 0 fully saturated rings. The van der Waals surface area contributed by atoms with E-state index in [9.17, 15) is 0 Å². The third-order valence-corrected chi connectivity index (χ3v) is 8.55. The molecule has 0 saturated heterocycles. The van der Waals surface area contributed by atoms with Gasteiger partial charge in [0, 0.05) is 21.7 Å². The number of aromatic nitrogens is 3. The van der Waals surface area contributed by atoms with E-state index >= 15 is 0 Å². The molecule has 0 saturated carbocycles. The Balaban J connectivity index is 1.48. The first-order valence-corrected chi connectivity index (χ1v) is 14.4. The molecule has 7 aromatic rings. The van der Waals surface area contributed by atoms with Crippen LogP contribution >= 0.6 is 11.6 Å². The molecule has 198 valence electrons. The van der Waals surface area contributed by atoms with E-state index in [1.54, 1.807) is 0 Å². The van der Waals surface area contributed by atoms with Crippen LogP contribution in [0, 0.1) is 0 Å². The van der Waals surface area contributed by atoms with Crippen molar-refractivity contribution in [1.82, 2.24) is 15.0 Å². The highest BCUT2D eigenvalue weighted by molar-refractivity contribution is 6.34. The summed E-state index contributed by atoms with van der Waals surface area (Å²) in [5.41, 5.74) is 10.2. The molecule has 42 heavy (non-hydrogen) atoms. The summed E-state index contributed by atoms with van der Waals surface area (Å²) in [5.74, 6) is 0.678. The Hall–Kier alpha value is -5.12. The number of halogens is 1. The Morgan fingerprint density at radius 1 is 0.500 bits per heavy atom. The van der Waals surface area contributed by atoms with E-state index < -0.39 is 5.41 Å².